The molecule has 1 aromatic carbocycles. The molecule has 0 aliphatic carbocycles. The number of pyridine rings is 1. The van der Waals surface area contributed by atoms with Crippen LogP contribution in [0.2, 0.25) is 5.02 Å². The van der Waals surface area contributed by atoms with E-state index in [0.717, 1.165) is 41.5 Å². The molecular formula is C18H21ClN4OS. The predicted molar refractivity (Wildman–Crippen MR) is 106 cm³/mol. The summed E-state index contributed by atoms with van der Waals surface area (Å²) in [7, 11) is 0. The number of halogens is 1. The number of carbonyl (C=O) groups excluding carboxylic acids is 1. The third-order valence-corrected chi connectivity index (χ3v) is 5.23. The van der Waals surface area contributed by atoms with Gasteiger partial charge in [0.05, 0.1) is 10.7 Å². The lowest BCUT2D eigenvalue weighted by Crippen LogP contribution is -2.33. The monoisotopic (exact) mass is 376 g/mol. The number of aromatic nitrogens is 1. The van der Waals surface area contributed by atoms with Gasteiger partial charge in [0, 0.05) is 37.3 Å². The molecular weight excluding hydrogens is 356 g/mol. The Bertz CT molecular complexity index is 750. The molecule has 1 saturated heterocycles. The molecule has 1 aliphatic rings. The summed E-state index contributed by atoms with van der Waals surface area (Å²) >= 11 is 8.11. The van der Waals surface area contributed by atoms with Gasteiger partial charge >= 0.3 is 6.03 Å². The fraction of sp³-hybridized carbons (Fsp3) is 0.333. The zero-order valence-electron chi connectivity index (χ0n) is 14.1. The number of carbonyl (C=O) groups is 1. The van der Waals surface area contributed by atoms with Crippen molar-refractivity contribution in [2.75, 3.05) is 34.8 Å². The molecule has 25 heavy (non-hydrogen) atoms. The van der Waals surface area contributed by atoms with Crippen molar-refractivity contribution in [2.45, 2.75) is 13.5 Å². The van der Waals surface area contributed by atoms with Gasteiger partial charge in [0.2, 0.25) is 0 Å². The average Bonchev–Trinajstić information content (AvgIpc) is 2.63. The first kappa shape index (κ1) is 17.9. The van der Waals surface area contributed by atoms with Gasteiger partial charge in [-0.05, 0) is 42.3 Å². The third kappa shape index (κ3) is 5.03. The van der Waals surface area contributed by atoms with Gasteiger partial charge in [0.15, 0.2) is 0 Å². The Labute approximate surface area is 157 Å². The number of nitrogens with zero attached hydrogens (tertiary/aromatic N) is 2. The molecule has 0 saturated carbocycles. The fourth-order valence-electron chi connectivity index (χ4n) is 2.61. The summed E-state index contributed by atoms with van der Waals surface area (Å²) in [5.41, 5.74) is 2.68. The van der Waals surface area contributed by atoms with Gasteiger partial charge in [-0.3, -0.25) is 0 Å². The van der Waals surface area contributed by atoms with E-state index in [9.17, 15) is 4.79 Å². The molecule has 1 aliphatic heterocycles. The molecule has 5 nitrogen and oxygen atoms in total. The van der Waals surface area contributed by atoms with Crippen LogP contribution >= 0.6 is 23.4 Å². The molecule has 1 fully saturated rings. The van der Waals surface area contributed by atoms with Gasteiger partial charge in [-0.1, -0.05) is 17.7 Å². The highest BCUT2D eigenvalue weighted by Crippen LogP contribution is 2.22. The summed E-state index contributed by atoms with van der Waals surface area (Å²) < 4.78 is 0. The molecule has 0 spiro atoms. The number of amides is 2. The number of aryl methyl sites for hydroxylation is 1. The van der Waals surface area contributed by atoms with Crippen LogP contribution in [0, 0.1) is 6.92 Å². The van der Waals surface area contributed by atoms with E-state index in [2.05, 4.69) is 20.5 Å². The SMILES string of the molecule is Cc1ccc(NC(=O)NCc2ccnc(N3CCSCC3)c2)c(Cl)c1. The van der Waals surface area contributed by atoms with Gasteiger partial charge in [-0.2, -0.15) is 11.8 Å². The lowest BCUT2D eigenvalue weighted by atomic mass is 10.2. The topological polar surface area (TPSA) is 57.3 Å². The maximum Gasteiger partial charge on any atom is 0.319 e. The molecule has 0 unspecified atom stereocenters. The number of nitrogens with one attached hydrogen (secondary N) is 2. The average molecular weight is 377 g/mol. The van der Waals surface area contributed by atoms with Gasteiger partial charge in [-0.15, -0.1) is 0 Å². The number of hydrogen-bond donors (Lipinski definition) is 2. The first-order valence-corrected chi connectivity index (χ1v) is 9.74. The number of anilines is 2. The lowest BCUT2D eigenvalue weighted by molar-refractivity contribution is 0.251. The zero-order chi connectivity index (χ0) is 17.6. The highest BCUT2D eigenvalue weighted by atomic mass is 35.5. The fourth-order valence-corrected chi connectivity index (χ4v) is 3.79. The summed E-state index contributed by atoms with van der Waals surface area (Å²) in [6.45, 7) is 4.42. The van der Waals surface area contributed by atoms with E-state index in [1.165, 1.54) is 0 Å². The smallest absolute Gasteiger partial charge is 0.319 e. The molecule has 0 radical (unpaired) electrons. The van der Waals surface area contributed by atoms with E-state index in [4.69, 9.17) is 11.6 Å². The van der Waals surface area contributed by atoms with Crippen LogP contribution in [0.4, 0.5) is 16.3 Å². The van der Waals surface area contributed by atoms with Crippen LogP contribution in [-0.4, -0.2) is 35.6 Å². The Morgan fingerprint density at radius 2 is 2.08 bits per heavy atom. The van der Waals surface area contributed by atoms with Crippen LogP contribution in [0.25, 0.3) is 0 Å². The Morgan fingerprint density at radius 1 is 1.28 bits per heavy atom. The summed E-state index contributed by atoms with van der Waals surface area (Å²) in [4.78, 5) is 18.8. The van der Waals surface area contributed by atoms with Crippen molar-refractivity contribution in [3.05, 3.63) is 52.7 Å². The number of urea groups is 1. The Morgan fingerprint density at radius 3 is 2.84 bits per heavy atom. The van der Waals surface area contributed by atoms with E-state index in [0.29, 0.717) is 17.3 Å². The van der Waals surface area contributed by atoms with E-state index in [1.807, 2.05) is 43.0 Å². The molecule has 2 N–H and O–H groups in total. The van der Waals surface area contributed by atoms with E-state index in [-0.39, 0.29) is 6.03 Å². The largest absolute Gasteiger partial charge is 0.355 e. The number of hydrogen-bond acceptors (Lipinski definition) is 4. The van der Waals surface area contributed by atoms with Crippen LogP contribution in [0.15, 0.2) is 36.5 Å². The van der Waals surface area contributed by atoms with Crippen LogP contribution < -0.4 is 15.5 Å². The van der Waals surface area contributed by atoms with E-state index < -0.39 is 0 Å². The maximum atomic E-state index is 12.1. The summed E-state index contributed by atoms with van der Waals surface area (Å²) in [6.07, 6.45) is 1.79. The van der Waals surface area contributed by atoms with Crippen molar-refractivity contribution in [3.8, 4) is 0 Å². The van der Waals surface area contributed by atoms with E-state index >= 15 is 0 Å². The number of rotatable bonds is 4. The van der Waals surface area contributed by atoms with E-state index in [1.54, 1.807) is 12.3 Å². The number of thioether (sulfide) groups is 1. The second-order valence-electron chi connectivity index (χ2n) is 5.91. The standard InChI is InChI=1S/C18H21ClN4OS/c1-13-2-3-16(15(19)10-13)22-18(24)21-12-14-4-5-20-17(11-14)23-6-8-25-9-7-23/h2-5,10-11H,6-9,12H2,1H3,(H2,21,22,24). The van der Waals surface area contributed by atoms with Crippen molar-refractivity contribution in [2.24, 2.45) is 0 Å². The van der Waals surface area contributed by atoms with Gasteiger partial charge in [0.1, 0.15) is 5.82 Å². The minimum absolute atomic E-state index is 0.279. The van der Waals surface area contributed by atoms with Gasteiger partial charge in [-0.25, -0.2) is 9.78 Å². The van der Waals surface area contributed by atoms with Crippen LogP contribution in [0.3, 0.4) is 0 Å². The second-order valence-corrected chi connectivity index (χ2v) is 7.54. The molecule has 2 heterocycles. The maximum absolute atomic E-state index is 12.1. The number of benzene rings is 1. The molecule has 2 aromatic rings. The normalized spacial score (nSPS) is 14.2. The van der Waals surface area contributed by atoms with Gasteiger partial charge in [0.25, 0.3) is 0 Å². The third-order valence-electron chi connectivity index (χ3n) is 3.97. The Hall–Kier alpha value is -1.92. The summed E-state index contributed by atoms with van der Waals surface area (Å²) in [5, 5.41) is 6.17. The highest BCUT2D eigenvalue weighted by molar-refractivity contribution is 7.99. The van der Waals surface area contributed by atoms with Crippen molar-refractivity contribution in [1.29, 1.82) is 0 Å². The zero-order valence-corrected chi connectivity index (χ0v) is 15.7. The van der Waals surface area contributed by atoms with Crippen molar-refractivity contribution in [1.82, 2.24) is 10.3 Å². The first-order valence-electron chi connectivity index (χ1n) is 8.20. The lowest BCUT2D eigenvalue weighted by Gasteiger charge is -2.27. The molecule has 7 heteroatoms. The molecule has 2 amide bonds. The molecule has 3 rings (SSSR count). The molecule has 132 valence electrons. The quantitative estimate of drug-likeness (QED) is 0.849. The summed E-state index contributed by atoms with van der Waals surface area (Å²) in [5.74, 6) is 3.23. The van der Waals surface area contributed by atoms with Crippen LogP contribution in [0.5, 0.6) is 0 Å². The van der Waals surface area contributed by atoms with Crippen LogP contribution in [-0.2, 0) is 6.54 Å². The van der Waals surface area contributed by atoms with Crippen LogP contribution in [0.1, 0.15) is 11.1 Å². The predicted octanol–water partition coefficient (Wildman–Crippen LogP) is 3.92. The Balaban J connectivity index is 1.56. The minimum atomic E-state index is -0.279. The minimum Gasteiger partial charge on any atom is -0.355 e. The van der Waals surface area contributed by atoms with Gasteiger partial charge < -0.3 is 15.5 Å². The molecule has 0 atom stereocenters. The van der Waals surface area contributed by atoms with Crippen molar-refractivity contribution < 1.29 is 4.79 Å². The highest BCUT2D eigenvalue weighted by Gasteiger charge is 2.13. The summed E-state index contributed by atoms with van der Waals surface area (Å²) in [6, 6.07) is 9.21. The van der Waals surface area contributed by atoms with Crippen molar-refractivity contribution >= 4 is 40.9 Å². The molecule has 0 bridgehead atoms. The Kier molecular flexibility index (Phi) is 6.04. The van der Waals surface area contributed by atoms with Crippen molar-refractivity contribution in [3.63, 3.8) is 0 Å². The first-order chi connectivity index (χ1) is 12.1. The second kappa shape index (κ2) is 8.45. The molecule has 1 aromatic heterocycles.